The van der Waals surface area contributed by atoms with Gasteiger partial charge in [-0.1, -0.05) is 6.92 Å². The van der Waals surface area contributed by atoms with E-state index in [2.05, 4.69) is 10.1 Å². The number of amides is 1. The number of esters is 1. The van der Waals surface area contributed by atoms with Gasteiger partial charge >= 0.3 is 5.97 Å². The fourth-order valence-corrected chi connectivity index (χ4v) is 1.73. The highest BCUT2D eigenvalue weighted by atomic mass is 32.2. The van der Waals surface area contributed by atoms with Crippen molar-refractivity contribution in [3.63, 3.8) is 0 Å². The molecule has 0 fully saturated rings. The number of rotatable bonds is 6. The molecule has 1 amide bonds. The molecular weight excluding hydrogens is 202 g/mol. The molecule has 14 heavy (non-hydrogen) atoms. The molecule has 0 rings (SSSR count). The maximum absolute atomic E-state index is 11.0. The molecule has 0 aromatic heterocycles. The zero-order valence-corrected chi connectivity index (χ0v) is 9.65. The van der Waals surface area contributed by atoms with Crippen molar-refractivity contribution >= 4 is 23.6 Å². The third-order valence-corrected chi connectivity index (χ3v) is 2.82. The first kappa shape index (κ1) is 13.3. The van der Waals surface area contributed by atoms with Gasteiger partial charge in [0.25, 0.3) is 0 Å². The fourth-order valence-electron chi connectivity index (χ4n) is 0.829. The number of ether oxygens (including phenoxy) is 1. The number of carbonyl (C=O) groups is 2. The molecule has 0 aliphatic carbocycles. The van der Waals surface area contributed by atoms with Crippen LogP contribution in [-0.2, 0) is 14.3 Å². The monoisotopic (exact) mass is 219 g/mol. The second-order valence-corrected chi connectivity index (χ2v) is 4.13. The SMILES string of the molecule is COC(=O)C(C)CSCCNC(C)=O. The van der Waals surface area contributed by atoms with Crippen molar-refractivity contribution < 1.29 is 14.3 Å². The quantitative estimate of drug-likeness (QED) is 0.527. The van der Waals surface area contributed by atoms with E-state index in [0.717, 1.165) is 11.5 Å². The summed E-state index contributed by atoms with van der Waals surface area (Å²) in [5.74, 6) is 1.26. The minimum absolute atomic E-state index is 0.0217. The molecule has 1 N–H and O–H groups in total. The Bertz CT molecular complexity index is 196. The zero-order chi connectivity index (χ0) is 11.0. The summed E-state index contributed by atoms with van der Waals surface area (Å²) in [5.41, 5.74) is 0. The molecule has 0 heterocycles. The second kappa shape index (κ2) is 7.67. The van der Waals surface area contributed by atoms with Crippen molar-refractivity contribution in [3.05, 3.63) is 0 Å². The lowest BCUT2D eigenvalue weighted by atomic mass is 10.2. The summed E-state index contributed by atoms with van der Waals surface area (Å²) in [4.78, 5) is 21.5. The number of hydrogen-bond donors (Lipinski definition) is 1. The number of carbonyl (C=O) groups excluding carboxylic acids is 2. The van der Waals surface area contributed by atoms with Gasteiger partial charge in [-0.2, -0.15) is 11.8 Å². The summed E-state index contributed by atoms with van der Waals surface area (Å²) in [6.45, 7) is 3.97. The first-order chi connectivity index (χ1) is 6.57. The summed E-state index contributed by atoms with van der Waals surface area (Å²) in [6, 6.07) is 0. The standard InChI is InChI=1S/C9H17NO3S/c1-7(9(12)13-3)6-14-5-4-10-8(2)11/h7H,4-6H2,1-3H3,(H,10,11). The van der Waals surface area contributed by atoms with Crippen LogP contribution in [-0.4, -0.2) is 37.0 Å². The lowest BCUT2D eigenvalue weighted by Crippen LogP contribution is -2.23. The van der Waals surface area contributed by atoms with Crippen molar-refractivity contribution in [3.8, 4) is 0 Å². The summed E-state index contributed by atoms with van der Waals surface area (Å²) in [7, 11) is 1.39. The van der Waals surface area contributed by atoms with E-state index in [1.807, 2.05) is 6.92 Å². The van der Waals surface area contributed by atoms with E-state index in [-0.39, 0.29) is 17.8 Å². The van der Waals surface area contributed by atoms with E-state index in [9.17, 15) is 9.59 Å². The molecule has 0 saturated carbocycles. The fraction of sp³-hybridized carbons (Fsp3) is 0.778. The van der Waals surface area contributed by atoms with Crippen LogP contribution in [0, 0.1) is 5.92 Å². The maximum Gasteiger partial charge on any atom is 0.309 e. The molecule has 4 nitrogen and oxygen atoms in total. The molecule has 0 radical (unpaired) electrons. The third kappa shape index (κ3) is 6.77. The van der Waals surface area contributed by atoms with Gasteiger partial charge in [-0.25, -0.2) is 0 Å². The van der Waals surface area contributed by atoms with Gasteiger partial charge in [0, 0.05) is 25.0 Å². The number of methoxy groups -OCH3 is 1. The van der Waals surface area contributed by atoms with Gasteiger partial charge < -0.3 is 10.1 Å². The van der Waals surface area contributed by atoms with E-state index in [1.165, 1.54) is 14.0 Å². The van der Waals surface area contributed by atoms with Gasteiger partial charge in [0.1, 0.15) is 0 Å². The summed E-state index contributed by atoms with van der Waals surface area (Å²) >= 11 is 1.63. The molecule has 0 aliphatic heterocycles. The molecule has 0 saturated heterocycles. The average Bonchev–Trinajstić information content (AvgIpc) is 2.15. The topological polar surface area (TPSA) is 55.4 Å². The van der Waals surface area contributed by atoms with Crippen molar-refractivity contribution in [2.45, 2.75) is 13.8 Å². The van der Waals surface area contributed by atoms with Crippen LogP contribution < -0.4 is 5.32 Å². The predicted molar refractivity (Wildman–Crippen MR) is 57.2 cm³/mol. The molecule has 0 spiro atoms. The van der Waals surface area contributed by atoms with E-state index >= 15 is 0 Å². The highest BCUT2D eigenvalue weighted by Crippen LogP contribution is 2.08. The molecule has 5 heteroatoms. The molecule has 82 valence electrons. The van der Waals surface area contributed by atoms with Gasteiger partial charge in [-0.3, -0.25) is 9.59 Å². The number of thioether (sulfide) groups is 1. The third-order valence-electron chi connectivity index (χ3n) is 1.59. The van der Waals surface area contributed by atoms with Gasteiger partial charge in [-0.15, -0.1) is 0 Å². The van der Waals surface area contributed by atoms with Crippen LogP contribution in [0.5, 0.6) is 0 Å². The number of hydrogen-bond acceptors (Lipinski definition) is 4. The summed E-state index contributed by atoms with van der Waals surface area (Å²) in [6.07, 6.45) is 0. The largest absolute Gasteiger partial charge is 0.469 e. The Balaban J connectivity index is 3.36. The molecule has 1 unspecified atom stereocenters. The van der Waals surface area contributed by atoms with Crippen molar-refractivity contribution in [2.24, 2.45) is 5.92 Å². The van der Waals surface area contributed by atoms with Gasteiger partial charge in [0.15, 0.2) is 0 Å². The van der Waals surface area contributed by atoms with E-state index in [1.54, 1.807) is 11.8 Å². The van der Waals surface area contributed by atoms with Crippen LogP contribution in [0.3, 0.4) is 0 Å². The maximum atomic E-state index is 11.0. The molecule has 0 bridgehead atoms. The van der Waals surface area contributed by atoms with E-state index < -0.39 is 0 Å². The van der Waals surface area contributed by atoms with Crippen molar-refractivity contribution in [2.75, 3.05) is 25.2 Å². The Morgan fingerprint density at radius 3 is 2.64 bits per heavy atom. The van der Waals surface area contributed by atoms with Crippen LogP contribution in [0.4, 0.5) is 0 Å². The Kier molecular flexibility index (Phi) is 7.28. The Morgan fingerprint density at radius 2 is 2.14 bits per heavy atom. The predicted octanol–water partition coefficient (Wildman–Crippen LogP) is 0.665. The van der Waals surface area contributed by atoms with Gasteiger partial charge in [-0.05, 0) is 0 Å². The highest BCUT2D eigenvalue weighted by Gasteiger charge is 2.12. The summed E-state index contributed by atoms with van der Waals surface area (Å²) < 4.78 is 4.59. The van der Waals surface area contributed by atoms with Crippen molar-refractivity contribution in [1.29, 1.82) is 0 Å². The second-order valence-electron chi connectivity index (χ2n) is 2.98. The minimum Gasteiger partial charge on any atom is -0.469 e. The Hall–Kier alpha value is -0.710. The lowest BCUT2D eigenvalue weighted by Gasteiger charge is -2.08. The normalized spacial score (nSPS) is 11.9. The smallest absolute Gasteiger partial charge is 0.309 e. The average molecular weight is 219 g/mol. The zero-order valence-electron chi connectivity index (χ0n) is 8.83. The molecule has 0 aromatic rings. The molecule has 1 atom stereocenters. The highest BCUT2D eigenvalue weighted by molar-refractivity contribution is 7.99. The van der Waals surface area contributed by atoms with E-state index in [4.69, 9.17) is 0 Å². The van der Waals surface area contributed by atoms with Crippen LogP contribution in [0.25, 0.3) is 0 Å². The van der Waals surface area contributed by atoms with Gasteiger partial charge in [0.2, 0.25) is 5.91 Å². The lowest BCUT2D eigenvalue weighted by molar-refractivity contribution is -0.144. The Labute approximate surface area is 88.8 Å². The van der Waals surface area contributed by atoms with Crippen molar-refractivity contribution in [1.82, 2.24) is 5.32 Å². The molecular formula is C9H17NO3S. The van der Waals surface area contributed by atoms with Crippen LogP contribution in [0.1, 0.15) is 13.8 Å². The first-order valence-electron chi connectivity index (χ1n) is 4.48. The van der Waals surface area contributed by atoms with E-state index in [0.29, 0.717) is 6.54 Å². The van der Waals surface area contributed by atoms with Crippen LogP contribution in [0.15, 0.2) is 0 Å². The first-order valence-corrected chi connectivity index (χ1v) is 5.63. The van der Waals surface area contributed by atoms with Gasteiger partial charge in [0.05, 0.1) is 13.0 Å². The minimum atomic E-state index is -0.183. The number of nitrogens with one attached hydrogen (secondary N) is 1. The summed E-state index contributed by atoms with van der Waals surface area (Å²) in [5, 5.41) is 2.69. The van der Waals surface area contributed by atoms with Crippen LogP contribution >= 0.6 is 11.8 Å². The molecule has 0 aromatic carbocycles. The molecule has 0 aliphatic rings. The Morgan fingerprint density at radius 1 is 1.50 bits per heavy atom. The van der Waals surface area contributed by atoms with Crippen LogP contribution in [0.2, 0.25) is 0 Å².